The summed E-state index contributed by atoms with van der Waals surface area (Å²) in [7, 11) is 1.55. The minimum absolute atomic E-state index is 0.0196. The summed E-state index contributed by atoms with van der Waals surface area (Å²) in [6.45, 7) is 0. The maximum Gasteiger partial charge on any atom is 0.344 e. The highest BCUT2D eigenvalue weighted by molar-refractivity contribution is 6.12. The van der Waals surface area contributed by atoms with Crippen molar-refractivity contribution in [3.8, 4) is 11.5 Å². The van der Waals surface area contributed by atoms with Crippen molar-refractivity contribution in [3.63, 3.8) is 0 Å². The van der Waals surface area contributed by atoms with E-state index >= 15 is 0 Å². The van der Waals surface area contributed by atoms with Crippen LogP contribution in [0.4, 0.5) is 0 Å². The van der Waals surface area contributed by atoms with Gasteiger partial charge in [0.15, 0.2) is 5.57 Å². The van der Waals surface area contributed by atoms with Crippen LogP contribution in [0.15, 0.2) is 51.5 Å². The number of carboxylic acids is 2. The number of aryl methyl sites for hydroxylation is 1. The average Bonchev–Trinajstić information content (AvgIpc) is 2.81. The molecule has 8 heteroatoms. The molecule has 21 heavy (non-hydrogen) atoms. The Kier molecular flexibility index (Phi) is 3.98. The fraction of sp³-hybridized carbons (Fsp3) is 0.0769. The minimum Gasteiger partial charge on any atom is -0.477 e. The Labute approximate surface area is 118 Å². The number of aliphatic carboxylic acids is 2. The van der Waals surface area contributed by atoms with E-state index in [9.17, 15) is 9.59 Å². The molecule has 0 radical (unpaired) electrons. The van der Waals surface area contributed by atoms with Gasteiger partial charge in [0.25, 0.3) is 0 Å². The van der Waals surface area contributed by atoms with Crippen molar-refractivity contribution in [2.75, 3.05) is 0 Å². The number of nitrogens with zero attached hydrogens (tertiary/aromatic N) is 3. The maximum absolute atomic E-state index is 10.7. The van der Waals surface area contributed by atoms with Crippen LogP contribution in [0, 0.1) is 0 Å². The molecule has 0 bridgehead atoms. The van der Waals surface area contributed by atoms with Crippen molar-refractivity contribution >= 4 is 11.9 Å². The lowest BCUT2D eigenvalue weighted by molar-refractivity contribution is -0.140. The number of hydrogen-bond donors (Lipinski definition) is 2. The van der Waals surface area contributed by atoms with E-state index in [2.05, 4.69) is 10.1 Å². The molecule has 0 amide bonds. The first kappa shape index (κ1) is 14.3. The standard InChI is InChI=1S/C13H11N3O5/c1-16-13(14-7-9(11(17)18)12(19)20)21-10(15-16)8-5-3-2-4-6-8/h2-7H,1H3,(H,17,18)(H,19,20). The molecule has 0 atom stereocenters. The summed E-state index contributed by atoms with van der Waals surface area (Å²) in [5.41, 5.74) is -0.170. The Morgan fingerprint density at radius 3 is 2.43 bits per heavy atom. The molecule has 2 aromatic rings. The number of rotatable bonds is 4. The summed E-state index contributed by atoms with van der Waals surface area (Å²) in [5.74, 6) is -2.88. The maximum atomic E-state index is 10.7. The third-order valence-corrected chi connectivity index (χ3v) is 2.49. The third kappa shape index (κ3) is 3.24. The lowest BCUT2D eigenvalue weighted by Gasteiger charge is -1.91. The first-order chi connectivity index (χ1) is 9.99. The molecule has 0 aliphatic heterocycles. The number of aromatic nitrogens is 2. The molecule has 0 saturated heterocycles. The molecule has 0 unspecified atom stereocenters. The smallest absolute Gasteiger partial charge is 0.344 e. The molecule has 0 fully saturated rings. The lowest BCUT2D eigenvalue weighted by Crippen LogP contribution is -2.14. The molecular formula is C13H11N3O5. The largest absolute Gasteiger partial charge is 0.477 e. The molecule has 0 saturated carbocycles. The van der Waals surface area contributed by atoms with E-state index in [0.717, 1.165) is 5.56 Å². The van der Waals surface area contributed by atoms with Crippen LogP contribution in [-0.2, 0) is 16.6 Å². The fourth-order valence-corrected chi connectivity index (χ4v) is 1.48. The van der Waals surface area contributed by atoms with Gasteiger partial charge in [-0.1, -0.05) is 18.2 Å². The van der Waals surface area contributed by atoms with Gasteiger partial charge in [-0.3, -0.25) is 0 Å². The molecule has 108 valence electrons. The Bertz CT molecular complexity index is 755. The highest BCUT2D eigenvalue weighted by Crippen LogP contribution is 2.13. The van der Waals surface area contributed by atoms with E-state index in [0.29, 0.717) is 6.20 Å². The second-order valence-corrected chi connectivity index (χ2v) is 3.96. The molecule has 2 rings (SSSR count). The number of benzene rings is 1. The predicted octanol–water partition coefficient (Wildman–Crippen LogP) is 0.634. The summed E-state index contributed by atoms with van der Waals surface area (Å²) in [4.78, 5) is 25.1. The quantitative estimate of drug-likeness (QED) is 0.484. The fourth-order valence-electron chi connectivity index (χ4n) is 1.48. The number of carbonyl (C=O) groups is 2. The van der Waals surface area contributed by atoms with Gasteiger partial charge in [0, 0.05) is 12.6 Å². The first-order valence-corrected chi connectivity index (χ1v) is 5.79. The zero-order valence-electron chi connectivity index (χ0n) is 10.9. The van der Waals surface area contributed by atoms with Crippen LogP contribution in [0.3, 0.4) is 0 Å². The van der Waals surface area contributed by atoms with Gasteiger partial charge >= 0.3 is 17.6 Å². The Morgan fingerprint density at radius 1 is 1.24 bits per heavy atom. The normalized spacial score (nSPS) is 11.2. The third-order valence-electron chi connectivity index (χ3n) is 2.49. The van der Waals surface area contributed by atoms with Gasteiger partial charge in [0.2, 0.25) is 5.89 Å². The van der Waals surface area contributed by atoms with Crippen molar-refractivity contribution < 1.29 is 24.2 Å². The average molecular weight is 289 g/mol. The summed E-state index contributed by atoms with van der Waals surface area (Å²) in [5, 5.41) is 21.5. The van der Waals surface area contributed by atoms with Crippen molar-refractivity contribution in [3.05, 3.63) is 47.8 Å². The predicted molar refractivity (Wildman–Crippen MR) is 69.8 cm³/mol. The molecule has 0 spiro atoms. The molecule has 1 aromatic carbocycles. The van der Waals surface area contributed by atoms with Crippen LogP contribution in [-0.4, -0.2) is 31.9 Å². The zero-order valence-corrected chi connectivity index (χ0v) is 10.9. The van der Waals surface area contributed by atoms with E-state index in [1.165, 1.54) is 4.68 Å². The van der Waals surface area contributed by atoms with Gasteiger partial charge in [0.1, 0.15) is 0 Å². The molecule has 1 heterocycles. The topological polar surface area (TPSA) is 118 Å². The van der Waals surface area contributed by atoms with E-state index in [1.807, 2.05) is 18.2 Å². The highest BCUT2D eigenvalue weighted by atomic mass is 16.4. The summed E-state index contributed by atoms with van der Waals surface area (Å²) < 4.78 is 6.64. The zero-order chi connectivity index (χ0) is 15.4. The SMILES string of the molecule is Cn1nc(-c2ccccc2)oc1=NC=C(C(=O)O)C(=O)O. The summed E-state index contributed by atoms with van der Waals surface area (Å²) >= 11 is 0. The van der Waals surface area contributed by atoms with Gasteiger partial charge < -0.3 is 14.6 Å². The van der Waals surface area contributed by atoms with Gasteiger partial charge in [-0.25, -0.2) is 19.3 Å². The summed E-state index contributed by atoms with van der Waals surface area (Å²) in [6.07, 6.45) is 0.708. The van der Waals surface area contributed by atoms with Gasteiger partial charge in [-0.15, -0.1) is 5.10 Å². The van der Waals surface area contributed by atoms with Crippen molar-refractivity contribution in [2.45, 2.75) is 0 Å². The Morgan fingerprint density at radius 2 is 1.86 bits per heavy atom. The van der Waals surface area contributed by atoms with E-state index in [4.69, 9.17) is 14.6 Å². The van der Waals surface area contributed by atoms with E-state index < -0.39 is 17.5 Å². The van der Waals surface area contributed by atoms with E-state index in [1.54, 1.807) is 19.2 Å². The number of hydrogen-bond acceptors (Lipinski definition) is 5. The van der Waals surface area contributed by atoms with Crippen molar-refractivity contribution in [1.29, 1.82) is 0 Å². The molecule has 0 aliphatic rings. The Hall–Kier alpha value is -3.16. The van der Waals surface area contributed by atoms with Crippen LogP contribution in [0.2, 0.25) is 0 Å². The first-order valence-electron chi connectivity index (χ1n) is 5.79. The molecule has 2 N–H and O–H groups in total. The second-order valence-electron chi connectivity index (χ2n) is 3.96. The minimum atomic E-state index is -1.59. The van der Waals surface area contributed by atoms with Crippen LogP contribution >= 0.6 is 0 Å². The van der Waals surface area contributed by atoms with Crippen LogP contribution in [0.5, 0.6) is 0 Å². The molecule has 0 aliphatic carbocycles. The van der Waals surface area contributed by atoms with Crippen LogP contribution < -0.4 is 5.68 Å². The van der Waals surface area contributed by atoms with Crippen molar-refractivity contribution in [1.82, 2.24) is 9.78 Å². The van der Waals surface area contributed by atoms with Gasteiger partial charge in [-0.2, -0.15) is 0 Å². The monoisotopic (exact) mass is 289 g/mol. The van der Waals surface area contributed by atoms with Crippen molar-refractivity contribution in [2.24, 2.45) is 12.0 Å². The second kappa shape index (κ2) is 5.87. The molecule has 8 nitrogen and oxygen atoms in total. The van der Waals surface area contributed by atoms with Gasteiger partial charge in [0.05, 0.1) is 6.20 Å². The molecule has 1 aromatic heterocycles. The Balaban J connectivity index is 2.44. The van der Waals surface area contributed by atoms with Crippen LogP contribution in [0.1, 0.15) is 0 Å². The number of carboxylic acid groups (broad SMARTS) is 2. The highest BCUT2D eigenvalue weighted by Gasteiger charge is 2.15. The van der Waals surface area contributed by atoms with Gasteiger partial charge in [-0.05, 0) is 12.1 Å². The van der Waals surface area contributed by atoms with E-state index in [-0.39, 0.29) is 11.6 Å². The lowest BCUT2D eigenvalue weighted by atomic mass is 10.2. The summed E-state index contributed by atoms with van der Waals surface area (Å²) in [6, 6.07) is 9.02. The molecular weight excluding hydrogens is 278 g/mol. The van der Waals surface area contributed by atoms with Crippen LogP contribution in [0.25, 0.3) is 11.5 Å².